The number of halogens is 1. The molecule has 0 aliphatic rings. The van der Waals surface area contributed by atoms with E-state index in [9.17, 15) is 9.59 Å². The van der Waals surface area contributed by atoms with Crippen molar-refractivity contribution in [3.05, 3.63) is 68.3 Å². The van der Waals surface area contributed by atoms with Crippen molar-refractivity contribution in [3.63, 3.8) is 0 Å². The molecule has 3 aromatic rings. The molecule has 2 aromatic carbocycles. The van der Waals surface area contributed by atoms with Crippen molar-refractivity contribution in [3.8, 4) is 11.4 Å². The minimum atomic E-state index is -0.547. The third-order valence-corrected chi connectivity index (χ3v) is 3.51. The van der Waals surface area contributed by atoms with Crippen LogP contribution in [0.5, 0.6) is 5.75 Å². The van der Waals surface area contributed by atoms with Crippen LogP contribution >= 0.6 is 11.6 Å². The third-order valence-electron chi connectivity index (χ3n) is 3.19. The Balaban J connectivity index is 2.38. The Morgan fingerprint density at radius 3 is 2.67 bits per heavy atom. The standard InChI is InChI=1S/C15H11ClN2O3/c1-21-10-5-2-4-9(8-10)18-14(19)11-6-3-7-12(16)13(11)17-15(18)20/h2-8H,1H3,(H,17,20). The normalized spacial score (nSPS) is 10.8. The van der Waals surface area contributed by atoms with Crippen molar-refractivity contribution in [2.45, 2.75) is 0 Å². The Kier molecular flexibility index (Phi) is 3.27. The van der Waals surface area contributed by atoms with Gasteiger partial charge in [-0.15, -0.1) is 0 Å². The number of rotatable bonds is 2. The highest BCUT2D eigenvalue weighted by Crippen LogP contribution is 2.18. The molecular formula is C15H11ClN2O3. The topological polar surface area (TPSA) is 64.1 Å². The molecule has 0 bridgehead atoms. The molecule has 1 heterocycles. The number of nitrogens with zero attached hydrogens (tertiary/aromatic N) is 1. The Bertz CT molecular complexity index is 944. The fourth-order valence-electron chi connectivity index (χ4n) is 2.19. The maximum absolute atomic E-state index is 12.5. The van der Waals surface area contributed by atoms with Crippen LogP contribution in [0.15, 0.2) is 52.1 Å². The summed E-state index contributed by atoms with van der Waals surface area (Å²) in [5.74, 6) is 0.560. The van der Waals surface area contributed by atoms with Gasteiger partial charge in [-0.1, -0.05) is 23.7 Å². The lowest BCUT2D eigenvalue weighted by Crippen LogP contribution is -2.33. The monoisotopic (exact) mass is 302 g/mol. The third kappa shape index (κ3) is 2.21. The van der Waals surface area contributed by atoms with E-state index in [2.05, 4.69) is 4.98 Å². The molecule has 0 unspecified atom stereocenters. The Morgan fingerprint density at radius 1 is 1.14 bits per heavy atom. The van der Waals surface area contributed by atoms with E-state index in [1.807, 2.05) is 0 Å². The number of H-pyrrole nitrogens is 1. The number of benzene rings is 2. The second-order valence-electron chi connectivity index (χ2n) is 4.43. The summed E-state index contributed by atoms with van der Waals surface area (Å²) >= 11 is 6.01. The quantitative estimate of drug-likeness (QED) is 0.790. The van der Waals surface area contributed by atoms with Crippen LogP contribution in [0, 0.1) is 0 Å². The second kappa shape index (κ2) is 5.10. The second-order valence-corrected chi connectivity index (χ2v) is 4.84. The summed E-state index contributed by atoms with van der Waals surface area (Å²) in [7, 11) is 1.52. The lowest BCUT2D eigenvalue weighted by atomic mass is 10.2. The highest BCUT2D eigenvalue weighted by molar-refractivity contribution is 6.34. The molecule has 5 nitrogen and oxygen atoms in total. The molecule has 3 rings (SSSR count). The zero-order valence-electron chi connectivity index (χ0n) is 11.1. The SMILES string of the molecule is COc1cccc(-n2c(=O)[nH]c3c(Cl)cccc3c2=O)c1. The fraction of sp³-hybridized carbons (Fsp3) is 0.0667. The summed E-state index contributed by atoms with van der Waals surface area (Å²) in [4.78, 5) is 27.4. The van der Waals surface area contributed by atoms with Gasteiger partial charge in [0.2, 0.25) is 0 Å². The van der Waals surface area contributed by atoms with Crippen molar-refractivity contribution < 1.29 is 4.74 Å². The van der Waals surface area contributed by atoms with Gasteiger partial charge in [-0.05, 0) is 24.3 Å². The number of nitrogens with one attached hydrogen (secondary N) is 1. The summed E-state index contributed by atoms with van der Waals surface area (Å²) in [6.07, 6.45) is 0. The van der Waals surface area contributed by atoms with E-state index in [4.69, 9.17) is 16.3 Å². The first kappa shape index (κ1) is 13.5. The molecule has 6 heteroatoms. The minimum absolute atomic E-state index is 0.333. The zero-order chi connectivity index (χ0) is 15.0. The van der Waals surface area contributed by atoms with Crippen LogP contribution in [0.4, 0.5) is 0 Å². The van der Waals surface area contributed by atoms with Crippen LogP contribution in [-0.2, 0) is 0 Å². The van der Waals surface area contributed by atoms with Crippen LogP contribution in [0.2, 0.25) is 5.02 Å². The van der Waals surface area contributed by atoms with E-state index in [-0.39, 0.29) is 0 Å². The molecule has 0 fully saturated rings. The molecule has 0 aliphatic carbocycles. The van der Waals surface area contributed by atoms with Gasteiger partial charge in [0.15, 0.2) is 0 Å². The molecule has 0 radical (unpaired) electrons. The first-order chi connectivity index (χ1) is 10.1. The van der Waals surface area contributed by atoms with Crippen molar-refractivity contribution in [2.24, 2.45) is 0 Å². The Hall–Kier alpha value is -2.53. The highest BCUT2D eigenvalue weighted by Gasteiger charge is 2.11. The number of aromatic amines is 1. The van der Waals surface area contributed by atoms with E-state index in [1.54, 1.807) is 42.5 Å². The lowest BCUT2D eigenvalue weighted by Gasteiger charge is -2.08. The summed E-state index contributed by atoms with van der Waals surface area (Å²) in [6.45, 7) is 0. The number of methoxy groups -OCH3 is 1. The van der Waals surface area contributed by atoms with Gasteiger partial charge in [-0.3, -0.25) is 4.79 Å². The number of ether oxygens (including phenoxy) is 1. The van der Waals surface area contributed by atoms with Gasteiger partial charge in [0.1, 0.15) is 5.75 Å². The molecule has 0 saturated heterocycles. The summed E-state index contributed by atoms with van der Waals surface area (Å²) < 4.78 is 6.17. The van der Waals surface area contributed by atoms with Gasteiger partial charge >= 0.3 is 5.69 Å². The van der Waals surface area contributed by atoms with Crippen molar-refractivity contribution >= 4 is 22.5 Å². The van der Waals surface area contributed by atoms with Gasteiger partial charge < -0.3 is 9.72 Å². The Morgan fingerprint density at radius 2 is 1.90 bits per heavy atom. The number of aromatic nitrogens is 2. The molecule has 0 amide bonds. The average Bonchev–Trinajstić information content (AvgIpc) is 2.49. The maximum atomic E-state index is 12.5. The number of hydrogen-bond acceptors (Lipinski definition) is 3. The van der Waals surface area contributed by atoms with E-state index in [1.165, 1.54) is 7.11 Å². The maximum Gasteiger partial charge on any atom is 0.333 e. The molecule has 0 atom stereocenters. The Labute approximate surface area is 124 Å². The van der Waals surface area contributed by atoms with Crippen LogP contribution < -0.4 is 16.0 Å². The van der Waals surface area contributed by atoms with Gasteiger partial charge in [-0.25, -0.2) is 9.36 Å². The van der Waals surface area contributed by atoms with Gasteiger partial charge in [0.25, 0.3) is 5.56 Å². The predicted molar refractivity (Wildman–Crippen MR) is 81.7 cm³/mol. The zero-order valence-corrected chi connectivity index (χ0v) is 11.8. The summed E-state index contributed by atoms with van der Waals surface area (Å²) in [5, 5.41) is 0.685. The molecular weight excluding hydrogens is 292 g/mol. The first-order valence-corrected chi connectivity index (χ1v) is 6.57. The minimum Gasteiger partial charge on any atom is -0.497 e. The van der Waals surface area contributed by atoms with Crippen LogP contribution in [-0.4, -0.2) is 16.7 Å². The molecule has 0 saturated carbocycles. The van der Waals surface area contributed by atoms with Gasteiger partial charge in [0.05, 0.1) is 28.7 Å². The molecule has 1 N–H and O–H groups in total. The fourth-order valence-corrected chi connectivity index (χ4v) is 2.41. The number of fused-ring (bicyclic) bond motifs is 1. The van der Waals surface area contributed by atoms with E-state index < -0.39 is 11.2 Å². The van der Waals surface area contributed by atoms with Crippen molar-refractivity contribution in [1.82, 2.24) is 9.55 Å². The molecule has 106 valence electrons. The van der Waals surface area contributed by atoms with E-state index in [0.29, 0.717) is 27.4 Å². The lowest BCUT2D eigenvalue weighted by molar-refractivity contribution is 0.414. The van der Waals surface area contributed by atoms with Gasteiger partial charge in [-0.2, -0.15) is 0 Å². The smallest absolute Gasteiger partial charge is 0.333 e. The van der Waals surface area contributed by atoms with E-state index in [0.717, 1.165) is 4.57 Å². The summed E-state index contributed by atoms with van der Waals surface area (Å²) in [6, 6.07) is 11.6. The molecule has 21 heavy (non-hydrogen) atoms. The van der Waals surface area contributed by atoms with Crippen molar-refractivity contribution in [2.75, 3.05) is 7.11 Å². The van der Waals surface area contributed by atoms with Crippen molar-refractivity contribution in [1.29, 1.82) is 0 Å². The highest BCUT2D eigenvalue weighted by atomic mass is 35.5. The number of hydrogen-bond donors (Lipinski definition) is 1. The largest absolute Gasteiger partial charge is 0.497 e. The van der Waals surface area contributed by atoms with Crippen LogP contribution in [0.3, 0.4) is 0 Å². The predicted octanol–water partition coefficient (Wildman–Crippen LogP) is 2.34. The van der Waals surface area contributed by atoms with Crippen LogP contribution in [0.1, 0.15) is 0 Å². The first-order valence-electron chi connectivity index (χ1n) is 6.20. The number of para-hydroxylation sites is 1. The van der Waals surface area contributed by atoms with Gasteiger partial charge in [0, 0.05) is 6.07 Å². The summed E-state index contributed by atoms with van der Waals surface area (Å²) in [5.41, 5.74) is -0.200. The van der Waals surface area contributed by atoms with Crippen LogP contribution in [0.25, 0.3) is 16.6 Å². The molecule has 1 aromatic heterocycles. The average molecular weight is 303 g/mol. The molecule has 0 spiro atoms. The molecule has 0 aliphatic heterocycles. The van der Waals surface area contributed by atoms with E-state index >= 15 is 0 Å².